The Labute approximate surface area is 110 Å². The van der Waals surface area contributed by atoms with Crippen molar-refractivity contribution in [2.75, 3.05) is 31.1 Å². The van der Waals surface area contributed by atoms with Crippen LogP contribution in [0.15, 0.2) is 12.5 Å². The Morgan fingerprint density at radius 2 is 2.31 bits per heavy atom. The van der Waals surface area contributed by atoms with Gasteiger partial charge in [-0.2, -0.15) is 0 Å². The molecule has 5 heteroatoms. The summed E-state index contributed by atoms with van der Waals surface area (Å²) in [6.45, 7) is 8.88. The minimum Gasteiger partial charge on any atom is -0.353 e. The van der Waals surface area contributed by atoms with Crippen molar-refractivity contribution in [2.45, 2.75) is 19.9 Å². The molecule has 1 unspecified atom stereocenters. The van der Waals surface area contributed by atoms with Crippen molar-refractivity contribution in [3.63, 3.8) is 0 Å². The molecule has 16 heavy (non-hydrogen) atoms. The third kappa shape index (κ3) is 2.45. The van der Waals surface area contributed by atoms with Gasteiger partial charge < -0.3 is 4.90 Å². The van der Waals surface area contributed by atoms with Crippen molar-refractivity contribution in [3.05, 3.63) is 16.1 Å². The summed E-state index contributed by atoms with van der Waals surface area (Å²) in [4.78, 5) is 13.3. The van der Waals surface area contributed by atoms with Crippen LogP contribution >= 0.6 is 22.6 Å². The Hall–Kier alpha value is -0.430. The monoisotopic (exact) mass is 332 g/mol. The van der Waals surface area contributed by atoms with Gasteiger partial charge >= 0.3 is 0 Å². The first-order chi connectivity index (χ1) is 7.72. The van der Waals surface area contributed by atoms with Crippen LogP contribution in [0, 0.1) is 3.57 Å². The van der Waals surface area contributed by atoms with Gasteiger partial charge in [-0.15, -0.1) is 0 Å². The summed E-state index contributed by atoms with van der Waals surface area (Å²) in [7, 11) is 0. The zero-order valence-electron chi connectivity index (χ0n) is 9.73. The van der Waals surface area contributed by atoms with Gasteiger partial charge in [-0.1, -0.05) is 6.92 Å². The van der Waals surface area contributed by atoms with Gasteiger partial charge in [0.1, 0.15) is 12.1 Å². The Kier molecular flexibility index (Phi) is 3.96. The fraction of sp³-hybridized carbons (Fsp3) is 0.636. The van der Waals surface area contributed by atoms with Crippen LogP contribution in [-0.4, -0.2) is 47.1 Å². The normalized spacial score (nSPS) is 22.4. The van der Waals surface area contributed by atoms with E-state index in [0.29, 0.717) is 6.04 Å². The number of rotatable bonds is 2. The number of piperazine rings is 1. The highest BCUT2D eigenvalue weighted by molar-refractivity contribution is 14.1. The van der Waals surface area contributed by atoms with Gasteiger partial charge in [0.15, 0.2) is 0 Å². The lowest BCUT2D eigenvalue weighted by molar-refractivity contribution is 0.199. The topological polar surface area (TPSA) is 32.3 Å². The van der Waals surface area contributed by atoms with E-state index in [4.69, 9.17) is 0 Å². The zero-order valence-corrected chi connectivity index (χ0v) is 11.9. The highest BCUT2D eigenvalue weighted by atomic mass is 127. The lowest BCUT2D eigenvalue weighted by Crippen LogP contribution is -2.52. The smallest absolute Gasteiger partial charge is 0.145 e. The Bertz CT molecular complexity index is 358. The minimum absolute atomic E-state index is 0.601. The largest absolute Gasteiger partial charge is 0.353 e. The summed E-state index contributed by atoms with van der Waals surface area (Å²) in [6, 6.07) is 0.601. The molecule has 1 fully saturated rings. The van der Waals surface area contributed by atoms with Crippen LogP contribution in [0.4, 0.5) is 5.82 Å². The quantitative estimate of drug-likeness (QED) is 0.771. The predicted molar refractivity (Wildman–Crippen MR) is 73.7 cm³/mol. The van der Waals surface area contributed by atoms with E-state index >= 15 is 0 Å². The van der Waals surface area contributed by atoms with Crippen molar-refractivity contribution in [1.29, 1.82) is 0 Å². The maximum absolute atomic E-state index is 4.38. The van der Waals surface area contributed by atoms with Gasteiger partial charge in [-0.25, -0.2) is 9.97 Å². The molecule has 0 spiro atoms. The van der Waals surface area contributed by atoms with Gasteiger partial charge in [0.2, 0.25) is 0 Å². The fourth-order valence-electron chi connectivity index (χ4n) is 2.20. The molecule has 88 valence electrons. The number of hydrogen-bond donors (Lipinski definition) is 0. The molecule has 2 rings (SSSR count). The maximum Gasteiger partial charge on any atom is 0.145 e. The van der Waals surface area contributed by atoms with Crippen molar-refractivity contribution in [1.82, 2.24) is 14.9 Å². The molecule has 1 atom stereocenters. The molecule has 0 aliphatic carbocycles. The predicted octanol–water partition coefficient (Wildman–Crippen LogP) is 1.61. The lowest BCUT2D eigenvalue weighted by Gasteiger charge is -2.40. The number of halogens is 1. The summed E-state index contributed by atoms with van der Waals surface area (Å²) in [5, 5.41) is 0. The Morgan fingerprint density at radius 1 is 1.50 bits per heavy atom. The van der Waals surface area contributed by atoms with Crippen molar-refractivity contribution in [2.24, 2.45) is 0 Å². The number of hydrogen-bond acceptors (Lipinski definition) is 4. The minimum atomic E-state index is 0.601. The van der Waals surface area contributed by atoms with Gasteiger partial charge in [0.05, 0.1) is 3.57 Å². The number of nitrogens with zero attached hydrogens (tertiary/aromatic N) is 4. The lowest BCUT2D eigenvalue weighted by atomic mass is 10.2. The van der Waals surface area contributed by atoms with E-state index in [1.54, 1.807) is 6.33 Å². The second kappa shape index (κ2) is 5.27. The molecule has 0 amide bonds. The molecule has 0 saturated carbocycles. The van der Waals surface area contributed by atoms with Gasteiger partial charge in [0.25, 0.3) is 0 Å². The molecule has 1 aliphatic rings. The SMILES string of the molecule is CCN1CCN(c2ncncc2I)CC1C. The van der Waals surface area contributed by atoms with Crippen LogP contribution in [0.25, 0.3) is 0 Å². The molecule has 0 radical (unpaired) electrons. The molecular formula is C11H17IN4. The summed E-state index contributed by atoms with van der Waals surface area (Å²) < 4.78 is 1.14. The fourth-order valence-corrected chi connectivity index (χ4v) is 2.84. The number of anilines is 1. The zero-order chi connectivity index (χ0) is 11.5. The molecule has 1 aromatic rings. The van der Waals surface area contributed by atoms with Crippen LogP contribution in [0.2, 0.25) is 0 Å². The van der Waals surface area contributed by atoms with Crippen LogP contribution < -0.4 is 4.90 Å². The highest BCUT2D eigenvalue weighted by Crippen LogP contribution is 2.21. The second-order valence-corrected chi connectivity index (χ2v) is 5.28. The van der Waals surface area contributed by atoms with E-state index in [0.717, 1.165) is 35.6 Å². The van der Waals surface area contributed by atoms with Crippen molar-refractivity contribution >= 4 is 28.4 Å². The van der Waals surface area contributed by atoms with Crippen LogP contribution in [-0.2, 0) is 0 Å². The summed E-state index contributed by atoms with van der Waals surface area (Å²) in [5.74, 6) is 1.08. The van der Waals surface area contributed by atoms with Crippen LogP contribution in [0.1, 0.15) is 13.8 Å². The van der Waals surface area contributed by atoms with E-state index in [1.807, 2.05) is 6.20 Å². The average molecular weight is 332 g/mol. The van der Waals surface area contributed by atoms with E-state index < -0.39 is 0 Å². The van der Waals surface area contributed by atoms with E-state index in [-0.39, 0.29) is 0 Å². The number of aromatic nitrogens is 2. The molecule has 0 bridgehead atoms. The van der Waals surface area contributed by atoms with Gasteiger partial charge in [-0.05, 0) is 36.1 Å². The van der Waals surface area contributed by atoms with E-state index in [9.17, 15) is 0 Å². The Balaban J connectivity index is 2.11. The maximum atomic E-state index is 4.38. The third-order valence-electron chi connectivity index (χ3n) is 3.12. The van der Waals surface area contributed by atoms with Gasteiger partial charge in [-0.3, -0.25) is 4.90 Å². The van der Waals surface area contributed by atoms with Crippen molar-refractivity contribution in [3.8, 4) is 0 Å². The summed E-state index contributed by atoms with van der Waals surface area (Å²) in [6.07, 6.45) is 3.51. The average Bonchev–Trinajstić information content (AvgIpc) is 2.29. The molecule has 1 aliphatic heterocycles. The molecule has 1 aromatic heterocycles. The number of likely N-dealkylation sites (N-methyl/N-ethyl adjacent to an activating group) is 1. The van der Waals surface area contributed by atoms with E-state index in [2.05, 4.69) is 56.2 Å². The molecule has 0 N–H and O–H groups in total. The molecule has 4 nitrogen and oxygen atoms in total. The van der Waals surface area contributed by atoms with Crippen LogP contribution in [0.3, 0.4) is 0 Å². The summed E-state index contributed by atoms with van der Waals surface area (Å²) >= 11 is 2.30. The summed E-state index contributed by atoms with van der Waals surface area (Å²) in [5.41, 5.74) is 0. The van der Waals surface area contributed by atoms with E-state index in [1.165, 1.54) is 0 Å². The second-order valence-electron chi connectivity index (χ2n) is 4.12. The van der Waals surface area contributed by atoms with Crippen LogP contribution in [0.5, 0.6) is 0 Å². The first-order valence-electron chi connectivity index (χ1n) is 5.67. The molecule has 2 heterocycles. The van der Waals surface area contributed by atoms with Gasteiger partial charge in [0, 0.05) is 31.9 Å². The first-order valence-corrected chi connectivity index (χ1v) is 6.74. The first kappa shape index (κ1) is 12.0. The Morgan fingerprint density at radius 3 is 2.94 bits per heavy atom. The standard InChI is InChI=1S/C11H17IN4/c1-3-15-4-5-16(7-9(15)2)11-10(12)6-13-8-14-11/h6,8-9H,3-5,7H2,1-2H3. The molecule has 0 aromatic carbocycles. The molecular weight excluding hydrogens is 315 g/mol. The van der Waals surface area contributed by atoms with Crippen molar-refractivity contribution < 1.29 is 0 Å². The molecule has 1 saturated heterocycles. The third-order valence-corrected chi connectivity index (χ3v) is 3.88. The highest BCUT2D eigenvalue weighted by Gasteiger charge is 2.24.